The van der Waals surface area contributed by atoms with Crippen molar-refractivity contribution in [2.24, 2.45) is 5.92 Å². The predicted molar refractivity (Wildman–Crippen MR) is 148 cm³/mol. The van der Waals surface area contributed by atoms with Crippen molar-refractivity contribution in [3.05, 3.63) is 47.8 Å². The van der Waals surface area contributed by atoms with Crippen LogP contribution >= 0.6 is 0 Å². The monoisotopic (exact) mass is 531 g/mol. The lowest BCUT2D eigenvalue weighted by molar-refractivity contribution is -0.145. The topological polar surface area (TPSA) is 55.8 Å². The number of hydrogen-bond donors (Lipinski definition) is 0. The fourth-order valence-corrected chi connectivity index (χ4v) is 6.28. The smallest absolute Gasteiger partial charge is 0.305 e. The van der Waals surface area contributed by atoms with Crippen LogP contribution in [0.2, 0.25) is 18.1 Å². The number of nitrogens with zero attached hydrogens (tertiary/aromatic N) is 1. The zero-order valence-corrected chi connectivity index (χ0v) is 24.4. The van der Waals surface area contributed by atoms with Crippen molar-refractivity contribution < 1.29 is 23.1 Å². The molecule has 37 heavy (non-hydrogen) atoms. The lowest BCUT2D eigenvalue weighted by atomic mass is 10.0. The first-order valence-electron chi connectivity index (χ1n) is 14.0. The number of esters is 1. The SMILES string of the molecule is CC(C)(C)[Si](C)(C)O[C@H](/C=C/[C@H]1CCC(=O)N1CCOC(=O)CCC1CCCC1)Cc1ccc(F)cc1. The van der Waals surface area contributed by atoms with Crippen molar-refractivity contribution in [3.8, 4) is 0 Å². The summed E-state index contributed by atoms with van der Waals surface area (Å²) in [7, 11) is -2.05. The Bertz CT molecular complexity index is 919. The van der Waals surface area contributed by atoms with Crippen LogP contribution in [0.15, 0.2) is 36.4 Å². The molecular formula is C30H46FNO4Si. The summed E-state index contributed by atoms with van der Waals surface area (Å²) in [4.78, 5) is 26.6. The maximum absolute atomic E-state index is 13.4. The summed E-state index contributed by atoms with van der Waals surface area (Å²) < 4.78 is 25.6. The lowest BCUT2D eigenvalue weighted by Gasteiger charge is -2.39. The quantitative estimate of drug-likeness (QED) is 0.169. The van der Waals surface area contributed by atoms with Crippen molar-refractivity contribution in [2.75, 3.05) is 13.2 Å². The largest absolute Gasteiger partial charge is 0.464 e. The number of halogens is 1. The van der Waals surface area contributed by atoms with Crippen LogP contribution in [0, 0.1) is 11.7 Å². The van der Waals surface area contributed by atoms with Crippen LogP contribution in [0.1, 0.15) is 77.7 Å². The minimum Gasteiger partial charge on any atom is -0.464 e. The summed E-state index contributed by atoms with van der Waals surface area (Å²) in [5.74, 6) is 0.351. The molecule has 1 heterocycles. The molecule has 5 nitrogen and oxygen atoms in total. The van der Waals surface area contributed by atoms with Gasteiger partial charge in [0.05, 0.1) is 18.7 Å². The third kappa shape index (κ3) is 9.06. The molecule has 7 heteroatoms. The van der Waals surface area contributed by atoms with Crippen LogP contribution in [0.3, 0.4) is 0 Å². The van der Waals surface area contributed by atoms with Gasteiger partial charge in [0.1, 0.15) is 12.4 Å². The Hall–Kier alpha value is -1.99. The molecule has 1 aliphatic carbocycles. The normalized spacial score (nSPS) is 20.2. The highest BCUT2D eigenvalue weighted by Crippen LogP contribution is 2.38. The number of likely N-dealkylation sites (tertiary alicyclic amines) is 1. The fraction of sp³-hybridized carbons (Fsp3) is 0.667. The lowest BCUT2D eigenvalue weighted by Crippen LogP contribution is -2.44. The van der Waals surface area contributed by atoms with Crippen molar-refractivity contribution in [2.45, 2.75) is 109 Å². The van der Waals surface area contributed by atoms with Gasteiger partial charge < -0.3 is 14.1 Å². The van der Waals surface area contributed by atoms with E-state index in [4.69, 9.17) is 9.16 Å². The second-order valence-corrected chi connectivity index (χ2v) is 17.0. The average Bonchev–Trinajstić information content (AvgIpc) is 3.47. The number of carbonyl (C=O) groups is 2. The molecule has 1 aliphatic heterocycles. The van der Waals surface area contributed by atoms with Gasteiger partial charge in [0.15, 0.2) is 8.32 Å². The molecule has 1 amide bonds. The van der Waals surface area contributed by atoms with Crippen LogP contribution < -0.4 is 0 Å². The highest BCUT2D eigenvalue weighted by Gasteiger charge is 2.39. The van der Waals surface area contributed by atoms with Gasteiger partial charge in [0, 0.05) is 19.3 Å². The van der Waals surface area contributed by atoms with E-state index in [1.807, 2.05) is 4.90 Å². The van der Waals surface area contributed by atoms with E-state index in [-0.39, 0.29) is 41.5 Å². The zero-order chi connectivity index (χ0) is 27.1. The summed E-state index contributed by atoms with van der Waals surface area (Å²) >= 11 is 0. The highest BCUT2D eigenvalue weighted by molar-refractivity contribution is 6.74. The minimum atomic E-state index is -2.05. The van der Waals surface area contributed by atoms with Gasteiger partial charge in [-0.2, -0.15) is 0 Å². The Labute approximate surface area is 223 Å². The highest BCUT2D eigenvalue weighted by atomic mass is 28.4. The molecule has 1 aromatic carbocycles. The molecule has 1 saturated heterocycles. The van der Waals surface area contributed by atoms with Gasteiger partial charge in [-0.3, -0.25) is 9.59 Å². The Morgan fingerprint density at radius 3 is 2.49 bits per heavy atom. The van der Waals surface area contributed by atoms with E-state index in [1.54, 1.807) is 12.1 Å². The van der Waals surface area contributed by atoms with Gasteiger partial charge >= 0.3 is 5.97 Å². The molecule has 0 spiro atoms. The average molecular weight is 532 g/mol. The molecule has 0 radical (unpaired) electrons. The molecule has 206 valence electrons. The first-order chi connectivity index (χ1) is 17.4. The van der Waals surface area contributed by atoms with E-state index in [2.05, 4.69) is 46.0 Å². The Morgan fingerprint density at radius 2 is 1.84 bits per heavy atom. The van der Waals surface area contributed by atoms with Crippen molar-refractivity contribution in [1.82, 2.24) is 4.90 Å². The van der Waals surface area contributed by atoms with Crippen LogP contribution in [-0.2, 0) is 25.2 Å². The molecule has 0 unspecified atom stereocenters. The van der Waals surface area contributed by atoms with Gasteiger partial charge in [-0.25, -0.2) is 4.39 Å². The standard InChI is InChI=1S/C30H46FNO4Si/c1-30(2,3)37(4,5)36-27(22-24-10-13-25(31)14-11-24)17-15-26-16-18-28(33)32(26)20-21-35-29(34)19-12-23-8-6-7-9-23/h10-11,13-15,17,23,26-27H,6-9,12,16,18-22H2,1-5H3/b17-15+/t26-,27+/m0/s1. The molecule has 0 aromatic heterocycles. The number of ether oxygens (including phenoxy) is 1. The van der Waals surface area contributed by atoms with Crippen molar-refractivity contribution in [3.63, 3.8) is 0 Å². The molecule has 0 bridgehead atoms. The number of hydrogen-bond acceptors (Lipinski definition) is 4. The molecule has 2 aliphatic rings. The van der Waals surface area contributed by atoms with Crippen molar-refractivity contribution in [1.29, 1.82) is 0 Å². The second-order valence-electron chi connectivity index (χ2n) is 12.2. The molecule has 0 N–H and O–H groups in total. The third-order valence-corrected chi connectivity index (χ3v) is 12.9. The van der Waals surface area contributed by atoms with E-state index >= 15 is 0 Å². The summed E-state index contributed by atoms with van der Waals surface area (Å²) in [5, 5.41) is 0.0544. The first kappa shape index (κ1) is 29.6. The van der Waals surface area contributed by atoms with Crippen LogP contribution in [-0.4, -0.2) is 50.4 Å². The van der Waals surface area contributed by atoms with E-state index in [1.165, 1.54) is 37.8 Å². The molecular weight excluding hydrogens is 485 g/mol. The van der Waals surface area contributed by atoms with Gasteiger partial charge in [-0.15, -0.1) is 0 Å². The van der Waals surface area contributed by atoms with E-state index in [0.717, 1.165) is 18.4 Å². The summed E-state index contributed by atoms with van der Waals surface area (Å²) in [6.07, 6.45) is 12.3. The minimum absolute atomic E-state index is 0.0385. The molecule has 1 saturated carbocycles. The molecule has 2 fully saturated rings. The fourth-order valence-electron chi connectivity index (χ4n) is 5.01. The van der Waals surface area contributed by atoms with E-state index < -0.39 is 8.32 Å². The van der Waals surface area contributed by atoms with Crippen LogP contribution in [0.25, 0.3) is 0 Å². The first-order valence-corrected chi connectivity index (χ1v) is 16.9. The number of carbonyl (C=O) groups excluding carboxylic acids is 2. The predicted octanol–water partition coefficient (Wildman–Crippen LogP) is 6.82. The van der Waals surface area contributed by atoms with Crippen LogP contribution in [0.5, 0.6) is 0 Å². The second kappa shape index (κ2) is 13.2. The number of benzene rings is 1. The van der Waals surface area contributed by atoms with Gasteiger partial charge in [0.25, 0.3) is 0 Å². The van der Waals surface area contributed by atoms with Crippen molar-refractivity contribution >= 4 is 20.2 Å². The number of amides is 1. The zero-order valence-electron chi connectivity index (χ0n) is 23.4. The van der Waals surface area contributed by atoms with Gasteiger partial charge in [0.2, 0.25) is 5.91 Å². The molecule has 1 aromatic rings. The van der Waals surface area contributed by atoms with Gasteiger partial charge in [-0.1, -0.05) is 70.7 Å². The maximum atomic E-state index is 13.4. The Balaban J connectivity index is 1.59. The Morgan fingerprint density at radius 1 is 1.16 bits per heavy atom. The van der Waals surface area contributed by atoms with E-state index in [9.17, 15) is 14.0 Å². The molecule has 3 rings (SSSR count). The summed E-state index contributed by atoms with van der Waals surface area (Å²) in [6, 6.07) is 6.53. The third-order valence-electron chi connectivity index (χ3n) is 8.35. The molecule has 2 atom stereocenters. The summed E-state index contributed by atoms with van der Waals surface area (Å²) in [6.45, 7) is 11.7. The number of rotatable bonds is 12. The maximum Gasteiger partial charge on any atom is 0.305 e. The summed E-state index contributed by atoms with van der Waals surface area (Å²) in [5.41, 5.74) is 1.01. The Kier molecular flexibility index (Phi) is 10.5. The van der Waals surface area contributed by atoms with E-state index in [0.29, 0.717) is 31.7 Å². The van der Waals surface area contributed by atoms with Crippen LogP contribution in [0.4, 0.5) is 4.39 Å². The van der Waals surface area contributed by atoms with Gasteiger partial charge in [-0.05, 0) is 54.6 Å².